The molecule has 0 aliphatic rings. The Hall–Kier alpha value is -2.40. The molecule has 0 spiro atoms. The zero-order valence-corrected chi connectivity index (χ0v) is 11.2. The lowest BCUT2D eigenvalue weighted by Crippen LogP contribution is -2.00. The summed E-state index contributed by atoms with van der Waals surface area (Å²) in [5.74, 6) is 1.74. The Balaban J connectivity index is 1.69. The lowest BCUT2D eigenvalue weighted by atomic mass is 10.2. The fourth-order valence-electron chi connectivity index (χ4n) is 1.67. The Morgan fingerprint density at radius 3 is 2.65 bits per heavy atom. The summed E-state index contributed by atoms with van der Waals surface area (Å²) in [5, 5.41) is 11.8. The van der Waals surface area contributed by atoms with Gasteiger partial charge in [0, 0.05) is 16.8 Å². The van der Waals surface area contributed by atoms with E-state index in [1.807, 2.05) is 30.3 Å². The van der Waals surface area contributed by atoms with E-state index in [9.17, 15) is 0 Å². The maximum atomic E-state index is 5.84. The minimum atomic E-state index is 0.428. The molecule has 0 aliphatic heterocycles. The SMILES string of the molecule is Clc1ccc(-c2nnc(CNc3ccccn3)o2)cc1. The first-order chi connectivity index (χ1) is 9.81. The smallest absolute Gasteiger partial charge is 0.247 e. The number of nitrogens with one attached hydrogen (secondary N) is 1. The average molecular weight is 287 g/mol. The van der Waals surface area contributed by atoms with Crippen LogP contribution in [-0.2, 0) is 6.54 Å². The van der Waals surface area contributed by atoms with Crippen molar-refractivity contribution >= 4 is 17.4 Å². The zero-order valence-electron chi connectivity index (χ0n) is 10.5. The van der Waals surface area contributed by atoms with Crippen LogP contribution < -0.4 is 5.32 Å². The standard InChI is InChI=1S/C14H11ClN4O/c15-11-6-4-10(5-7-11)14-19-18-13(20-14)9-17-12-3-1-2-8-16-12/h1-8H,9H2,(H,16,17). The van der Waals surface area contributed by atoms with Gasteiger partial charge in [0.05, 0.1) is 6.54 Å². The van der Waals surface area contributed by atoms with Gasteiger partial charge in [-0.25, -0.2) is 4.98 Å². The highest BCUT2D eigenvalue weighted by atomic mass is 35.5. The van der Waals surface area contributed by atoms with E-state index in [4.69, 9.17) is 16.0 Å². The second-order valence-corrected chi connectivity index (χ2v) is 4.51. The number of hydrogen-bond donors (Lipinski definition) is 1. The quantitative estimate of drug-likeness (QED) is 0.796. The van der Waals surface area contributed by atoms with Crippen molar-refractivity contribution in [1.82, 2.24) is 15.2 Å². The van der Waals surface area contributed by atoms with Crippen LogP contribution in [0, 0.1) is 0 Å². The molecule has 100 valence electrons. The van der Waals surface area contributed by atoms with Crippen LogP contribution >= 0.6 is 11.6 Å². The first kappa shape index (κ1) is 12.6. The van der Waals surface area contributed by atoms with Crippen LogP contribution in [0.3, 0.4) is 0 Å². The highest BCUT2D eigenvalue weighted by Crippen LogP contribution is 2.20. The molecule has 0 amide bonds. The molecule has 0 aliphatic carbocycles. The van der Waals surface area contributed by atoms with Crippen molar-refractivity contribution in [2.24, 2.45) is 0 Å². The summed E-state index contributed by atoms with van der Waals surface area (Å²) in [6.45, 7) is 0.428. The molecule has 1 N–H and O–H groups in total. The summed E-state index contributed by atoms with van der Waals surface area (Å²) < 4.78 is 5.58. The fourth-order valence-corrected chi connectivity index (χ4v) is 1.79. The van der Waals surface area contributed by atoms with Crippen molar-refractivity contribution in [3.8, 4) is 11.5 Å². The number of hydrogen-bond acceptors (Lipinski definition) is 5. The molecule has 20 heavy (non-hydrogen) atoms. The molecule has 3 rings (SSSR count). The number of halogens is 1. The number of aromatic nitrogens is 3. The Morgan fingerprint density at radius 1 is 1.05 bits per heavy atom. The van der Waals surface area contributed by atoms with Gasteiger partial charge in [-0.3, -0.25) is 0 Å². The molecule has 0 saturated heterocycles. The molecule has 1 aromatic carbocycles. The zero-order chi connectivity index (χ0) is 13.8. The largest absolute Gasteiger partial charge is 0.419 e. The van der Waals surface area contributed by atoms with Gasteiger partial charge in [0.1, 0.15) is 5.82 Å². The predicted octanol–water partition coefficient (Wildman–Crippen LogP) is 3.40. The van der Waals surface area contributed by atoms with Crippen molar-refractivity contribution < 1.29 is 4.42 Å². The summed E-state index contributed by atoms with van der Waals surface area (Å²) in [5.41, 5.74) is 0.839. The second-order valence-electron chi connectivity index (χ2n) is 4.08. The summed E-state index contributed by atoms with van der Waals surface area (Å²) in [6, 6.07) is 12.9. The van der Waals surface area contributed by atoms with E-state index in [-0.39, 0.29) is 0 Å². The van der Waals surface area contributed by atoms with Crippen molar-refractivity contribution in [1.29, 1.82) is 0 Å². The van der Waals surface area contributed by atoms with Crippen molar-refractivity contribution in [2.45, 2.75) is 6.54 Å². The maximum absolute atomic E-state index is 5.84. The molecule has 2 heterocycles. The van der Waals surface area contributed by atoms with Gasteiger partial charge >= 0.3 is 0 Å². The first-order valence-electron chi connectivity index (χ1n) is 6.04. The van der Waals surface area contributed by atoms with Gasteiger partial charge in [-0.2, -0.15) is 0 Å². The Morgan fingerprint density at radius 2 is 1.90 bits per heavy atom. The Labute approximate surface area is 120 Å². The van der Waals surface area contributed by atoms with E-state index < -0.39 is 0 Å². The summed E-state index contributed by atoms with van der Waals surface area (Å²) in [7, 11) is 0. The topological polar surface area (TPSA) is 63.8 Å². The third-order valence-electron chi connectivity index (χ3n) is 2.64. The highest BCUT2D eigenvalue weighted by molar-refractivity contribution is 6.30. The van der Waals surface area contributed by atoms with Crippen molar-refractivity contribution in [3.05, 3.63) is 59.6 Å². The number of rotatable bonds is 4. The molecule has 3 aromatic rings. The van der Waals surface area contributed by atoms with Crippen LogP contribution in [0.5, 0.6) is 0 Å². The van der Waals surface area contributed by atoms with Gasteiger partial charge in [-0.05, 0) is 36.4 Å². The van der Waals surface area contributed by atoms with Gasteiger partial charge < -0.3 is 9.73 Å². The lowest BCUT2D eigenvalue weighted by molar-refractivity contribution is 0.514. The first-order valence-corrected chi connectivity index (χ1v) is 6.42. The minimum absolute atomic E-state index is 0.428. The van der Waals surface area contributed by atoms with Crippen LogP contribution in [0.25, 0.3) is 11.5 Å². The molecular weight excluding hydrogens is 276 g/mol. The van der Waals surface area contributed by atoms with Crippen LogP contribution in [0.1, 0.15) is 5.89 Å². The summed E-state index contributed by atoms with van der Waals surface area (Å²) in [6.07, 6.45) is 1.72. The van der Waals surface area contributed by atoms with Gasteiger partial charge in [-0.1, -0.05) is 17.7 Å². The van der Waals surface area contributed by atoms with E-state index in [2.05, 4.69) is 20.5 Å². The highest BCUT2D eigenvalue weighted by Gasteiger charge is 2.08. The predicted molar refractivity (Wildman–Crippen MR) is 76.3 cm³/mol. The molecule has 0 saturated carbocycles. The monoisotopic (exact) mass is 286 g/mol. The van der Waals surface area contributed by atoms with Gasteiger partial charge in [0.25, 0.3) is 0 Å². The molecular formula is C14H11ClN4O. The van der Waals surface area contributed by atoms with Crippen LogP contribution in [-0.4, -0.2) is 15.2 Å². The van der Waals surface area contributed by atoms with E-state index >= 15 is 0 Å². The molecule has 0 bridgehead atoms. The molecule has 0 radical (unpaired) electrons. The number of benzene rings is 1. The molecule has 5 nitrogen and oxygen atoms in total. The van der Waals surface area contributed by atoms with Gasteiger partial charge in [-0.15, -0.1) is 10.2 Å². The van der Waals surface area contributed by atoms with Crippen LogP contribution in [0.4, 0.5) is 5.82 Å². The molecule has 0 fully saturated rings. The Bertz CT molecular complexity index is 682. The lowest BCUT2D eigenvalue weighted by Gasteiger charge is -2.00. The van der Waals surface area contributed by atoms with Crippen molar-refractivity contribution in [2.75, 3.05) is 5.32 Å². The van der Waals surface area contributed by atoms with E-state index in [0.29, 0.717) is 23.3 Å². The maximum Gasteiger partial charge on any atom is 0.247 e. The number of anilines is 1. The summed E-state index contributed by atoms with van der Waals surface area (Å²) >= 11 is 5.84. The van der Waals surface area contributed by atoms with E-state index in [0.717, 1.165) is 11.4 Å². The fraction of sp³-hybridized carbons (Fsp3) is 0.0714. The molecule has 0 unspecified atom stereocenters. The van der Waals surface area contributed by atoms with Crippen LogP contribution in [0.15, 0.2) is 53.1 Å². The van der Waals surface area contributed by atoms with E-state index in [1.54, 1.807) is 18.3 Å². The van der Waals surface area contributed by atoms with Gasteiger partial charge in [0.2, 0.25) is 11.8 Å². The summed E-state index contributed by atoms with van der Waals surface area (Å²) in [4.78, 5) is 4.15. The van der Waals surface area contributed by atoms with Crippen molar-refractivity contribution in [3.63, 3.8) is 0 Å². The normalized spacial score (nSPS) is 10.4. The molecule has 0 atom stereocenters. The third-order valence-corrected chi connectivity index (χ3v) is 2.90. The average Bonchev–Trinajstić information content (AvgIpc) is 2.96. The molecule has 2 aromatic heterocycles. The molecule has 6 heteroatoms. The number of pyridine rings is 1. The van der Waals surface area contributed by atoms with Crippen LogP contribution in [0.2, 0.25) is 5.02 Å². The van der Waals surface area contributed by atoms with E-state index in [1.165, 1.54) is 0 Å². The second kappa shape index (κ2) is 5.71. The number of nitrogens with zero attached hydrogens (tertiary/aromatic N) is 3. The third kappa shape index (κ3) is 2.95. The van der Waals surface area contributed by atoms with Gasteiger partial charge in [0.15, 0.2) is 0 Å². The minimum Gasteiger partial charge on any atom is -0.419 e. The Kier molecular flexibility index (Phi) is 3.60.